The maximum Gasteiger partial charge on any atom is 0.240 e. The molecule has 1 amide bonds. The van der Waals surface area contributed by atoms with Gasteiger partial charge in [-0.15, -0.1) is 0 Å². The molecule has 0 aromatic heterocycles. The SMILES string of the molecule is CCOc1ccc(S(=O)(=O)NCCC(=O)NC23CC4CC(CC(C4)C2)C3)cc1. The van der Waals surface area contributed by atoms with Gasteiger partial charge in [-0.2, -0.15) is 0 Å². The first-order valence-corrected chi connectivity index (χ1v) is 11.9. The minimum absolute atomic E-state index is 0.0280. The minimum Gasteiger partial charge on any atom is -0.494 e. The molecule has 1 aromatic rings. The van der Waals surface area contributed by atoms with Gasteiger partial charge in [-0.05, 0) is 87.5 Å². The topological polar surface area (TPSA) is 84.5 Å². The number of carbonyl (C=O) groups is 1. The van der Waals surface area contributed by atoms with Crippen LogP contribution in [0.15, 0.2) is 29.2 Å². The monoisotopic (exact) mass is 406 g/mol. The van der Waals surface area contributed by atoms with E-state index in [0.29, 0.717) is 12.4 Å². The van der Waals surface area contributed by atoms with Crippen molar-refractivity contribution in [2.45, 2.75) is 62.3 Å². The smallest absolute Gasteiger partial charge is 0.240 e. The molecule has 6 nitrogen and oxygen atoms in total. The van der Waals surface area contributed by atoms with Gasteiger partial charge >= 0.3 is 0 Å². The fourth-order valence-corrected chi connectivity index (χ4v) is 6.92. The number of benzene rings is 1. The van der Waals surface area contributed by atoms with Gasteiger partial charge in [-0.3, -0.25) is 4.79 Å². The number of sulfonamides is 1. The summed E-state index contributed by atoms with van der Waals surface area (Å²) in [6.45, 7) is 2.51. The highest BCUT2D eigenvalue weighted by molar-refractivity contribution is 7.89. The molecule has 0 heterocycles. The van der Waals surface area contributed by atoms with Gasteiger partial charge in [0.25, 0.3) is 0 Å². The summed E-state index contributed by atoms with van der Waals surface area (Å²) < 4.78 is 32.7. The number of rotatable bonds is 8. The molecule has 7 heteroatoms. The molecule has 154 valence electrons. The second-order valence-corrected chi connectivity index (χ2v) is 10.6. The van der Waals surface area contributed by atoms with Gasteiger partial charge in [-0.1, -0.05) is 0 Å². The predicted molar refractivity (Wildman–Crippen MR) is 106 cm³/mol. The molecule has 0 saturated heterocycles. The Balaban J connectivity index is 1.28. The van der Waals surface area contributed by atoms with Gasteiger partial charge in [0.1, 0.15) is 5.75 Å². The molecule has 0 atom stereocenters. The Morgan fingerprint density at radius 1 is 1.07 bits per heavy atom. The first-order valence-electron chi connectivity index (χ1n) is 10.4. The molecule has 28 heavy (non-hydrogen) atoms. The molecule has 5 rings (SSSR count). The average Bonchev–Trinajstić information content (AvgIpc) is 2.60. The first-order chi connectivity index (χ1) is 13.4. The zero-order chi connectivity index (χ0) is 19.8. The lowest BCUT2D eigenvalue weighted by Crippen LogP contribution is -2.60. The number of ether oxygens (including phenoxy) is 1. The fraction of sp³-hybridized carbons (Fsp3) is 0.667. The number of nitrogens with one attached hydrogen (secondary N) is 2. The number of carbonyl (C=O) groups excluding carboxylic acids is 1. The van der Waals surface area contributed by atoms with Crippen LogP contribution in [0.25, 0.3) is 0 Å². The van der Waals surface area contributed by atoms with E-state index >= 15 is 0 Å². The number of hydrogen-bond donors (Lipinski definition) is 2. The third kappa shape index (κ3) is 4.20. The van der Waals surface area contributed by atoms with Crippen molar-refractivity contribution in [3.8, 4) is 5.75 Å². The molecule has 0 unspecified atom stereocenters. The van der Waals surface area contributed by atoms with Crippen LogP contribution in [0, 0.1) is 17.8 Å². The Labute approximate surface area is 167 Å². The van der Waals surface area contributed by atoms with Gasteiger partial charge in [0, 0.05) is 18.5 Å². The summed E-state index contributed by atoms with van der Waals surface area (Å²) >= 11 is 0. The largest absolute Gasteiger partial charge is 0.494 e. The Bertz CT molecular complexity index is 784. The molecule has 1 aromatic carbocycles. The van der Waals surface area contributed by atoms with Gasteiger partial charge in [0.15, 0.2) is 0 Å². The van der Waals surface area contributed by atoms with E-state index in [-0.39, 0.29) is 29.3 Å². The van der Waals surface area contributed by atoms with Crippen LogP contribution in [0.2, 0.25) is 0 Å². The van der Waals surface area contributed by atoms with Crippen molar-refractivity contribution in [1.82, 2.24) is 10.0 Å². The summed E-state index contributed by atoms with van der Waals surface area (Å²) in [6, 6.07) is 6.31. The van der Waals surface area contributed by atoms with Gasteiger partial charge < -0.3 is 10.1 Å². The lowest BCUT2D eigenvalue weighted by molar-refractivity contribution is -0.126. The fourth-order valence-electron chi connectivity index (χ4n) is 5.89. The molecule has 0 aliphatic heterocycles. The summed E-state index contributed by atoms with van der Waals surface area (Å²) in [6.07, 6.45) is 7.46. The normalized spacial score (nSPS) is 31.0. The molecule has 4 aliphatic rings. The highest BCUT2D eigenvalue weighted by Gasteiger charge is 2.51. The maximum atomic E-state index is 12.5. The average molecular weight is 407 g/mol. The zero-order valence-electron chi connectivity index (χ0n) is 16.4. The molecular formula is C21H30N2O4S. The van der Waals surface area contributed by atoms with Crippen molar-refractivity contribution in [3.05, 3.63) is 24.3 Å². The van der Waals surface area contributed by atoms with Crippen molar-refractivity contribution in [3.63, 3.8) is 0 Å². The predicted octanol–water partition coefficient (Wildman–Crippen LogP) is 2.84. The van der Waals surface area contributed by atoms with Crippen molar-refractivity contribution in [1.29, 1.82) is 0 Å². The summed E-state index contributed by atoms with van der Waals surface area (Å²) in [5, 5.41) is 3.28. The maximum absolute atomic E-state index is 12.5. The quantitative estimate of drug-likeness (QED) is 0.695. The van der Waals surface area contributed by atoms with Crippen LogP contribution in [0.1, 0.15) is 51.9 Å². The molecule has 4 bridgehead atoms. The molecule has 0 spiro atoms. The molecular weight excluding hydrogens is 376 g/mol. The van der Waals surface area contributed by atoms with Crippen LogP contribution in [-0.2, 0) is 14.8 Å². The van der Waals surface area contributed by atoms with Crippen LogP contribution >= 0.6 is 0 Å². The van der Waals surface area contributed by atoms with E-state index in [4.69, 9.17) is 4.74 Å². The molecule has 2 N–H and O–H groups in total. The van der Waals surface area contributed by atoms with E-state index in [9.17, 15) is 13.2 Å². The van der Waals surface area contributed by atoms with E-state index in [2.05, 4.69) is 10.0 Å². The van der Waals surface area contributed by atoms with Crippen LogP contribution in [0.3, 0.4) is 0 Å². The third-order valence-electron chi connectivity index (χ3n) is 6.53. The molecule has 4 fully saturated rings. The summed E-state index contributed by atoms with van der Waals surface area (Å²) in [5.41, 5.74) is -0.0280. The summed E-state index contributed by atoms with van der Waals surface area (Å²) in [5.74, 6) is 2.90. The second-order valence-electron chi connectivity index (χ2n) is 8.80. The highest BCUT2D eigenvalue weighted by atomic mass is 32.2. The van der Waals surface area contributed by atoms with Crippen molar-refractivity contribution in [2.24, 2.45) is 17.8 Å². The van der Waals surface area contributed by atoms with Crippen molar-refractivity contribution in [2.75, 3.05) is 13.2 Å². The minimum atomic E-state index is -3.63. The van der Waals surface area contributed by atoms with Crippen molar-refractivity contribution >= 4 is 15.9 Å². The number of hydrogen-bond acceptors (Lipinski definition) is 4. The molecule has 4 aliphatic carbocycles. The van der Waals surface area contributed by atoms with Crippen LogP contribution in [0.4, 0.5) is 0 Å². The van der Waals surface area contributed by atoms with E-state index in [1.165, 1.54) is 31.4 Å². The Morgan fingerprint density at radius 2 is 1.64 bits per heavy atom. The lowest BCUT2D eigenvalue weighted by Gasteiger charge is -2.56. The van der Waals surface area contributed by atoms with Crippen LogP contribution < -0.4 is 14.8 Å². The Morgan fingerprint density at radius 3 is 2.18 bits per heavy atom. The van der Waals surface area contributed by atoms with E-state index < -0.39 is 10.0 Å². The number of amides is 1. The second kappa shape index (κ2) is 7.67. The Hall–Kier alpha value is -1.60. The lowest BCUT2D eigenvalue weighted by atomic mass is 9.53. The van der Waals surface area contributed by atoms with Gasteiger partial charge in [0.2, 0.25) is 15.9 Å². The van der Waals surface area contributed by atoms with Crippen LogP contribution in [-0.4, -0.2) is 33.0 Å². The van der Waals surface area contributed by atoms with Crippen molar-refractivity contribution < 1.29 is 17.9 Å². The molecule has 0 radical (unpaired) electrons. The standard InChI is InChI=1S/C21H30N2O4S/c1-2-27-18-3-5-19(6-4-18)28(25,26)22-8-7-20(24)23-21-12-15-9-16(13-21)11-17(10-15)14-21/h3-6,15-17,22H,2,7-14H2,1H3,(H,23,24). The van der Waals surface area contributed by atoms with E-state index in [1.807, 2.05) is 6.92 Å². The first kappa shape index (κ1) is 19.7. The van der Waals surface area contributed by atoms with E-state index in [0.717, 1.165) is 37.0 Å². The summed E-state index contributed by atoms with van der Waals surface area (Å²) in [7, 11) is -3.63. The van der Waals surface area contributed by atoms with E-state index in [1.54, 1.807) is 12.1 Å². The van der Waals surface area contributed by atoms with Gasteiger partial charge in [-0.25, -0.2) is 13.1 Å². The van der Waals surface area contributed by atoms with Crippen LogP contribution in [0.5, 0.6) is 5.75 Å². The zero-order valence-corrected chi connectivity index (χ0v) is 17.3. The molecule has 4 saturated carbocycles. The third-order valence-corrected chi connectivity index (χ3v) is 8.01. The Kier molecular flexibility index (Phi) is 5.40. The van der Waals surface area contributed by atoms with Gasteiger partial charge in [0.05, 0.1) is 11.5 Å². The summed E-state index contributed by atoms with van der Waals surface area (Å²) in [4.78, 5) is 12.7. The highest BCUT2D eigenvalue weighted by Crippen LogP contribution is 2.55.